The van der Waals surface area contributed by atoms with Gasteiger partial charge in [0.05, 0.1) is 17.2 Å². The number of primary amides is 1. The highest BCUT2D eigenvalue weighted by Crippen LogP contribution is 2.36. The van der Waals surface area contributed by atoms with Crippen LogP contribution in [0.3, 0.4) is 0 Å². The number of pyridine rings is 1. The molecule has 6 nitrogen and oxygen atoms in total. The number of benzene rings is 2. The Balaban J connectivity index is 1.66. The maximum atomic E-state index is 13.6. The molecule has 2 aromatic carbocycles. The largest absolute Gasteiger partial charge is 0.416 e. The van der Waals surface area contributed by atoms with Gasteiger partial charge in [0.25, 0.3) is 0 Å². The molecule has 0 saturated heterocycles. The van der Waals surface area contributed by atoms with E-state index in [0.717, 1.165) is 15.8 Å². The van der Waals surface area contributed by atoms with Gasteiger partial charge in [-0.1, -0.05) is 18.2 Å². The number of fused-ring (bicyclic) bond motifs is 1. The number of urea groups is 1. The van der Waals surface area contributed by atoms with Crippen molar-refractivity contribution in [3.8, 4) is 0 Å². The number of nitrogens with two attached hydrogens (primary N) is 1. The molecule has 0 bridgehead atoms. The molecule has 0 aliphatic heterocycles. The standard InChI is InChI=1S/C28H24F6N4O2/c29-27(30,31)20-11-18(12-21(14-20)28(32,33)34)5-6-25(39)24(13-19-15-37-23-4-2-1-3-22(19)23)38(26(35)40)16-17-7-9-36-10-8-17/h1-4,7-12,14-15,24,37H,5-6,13,16H2,(H2,35,40). The van der Waals surface area contributed by atoms with Crippen molar-refractivity contribution in [1.29, 1.82) is 0 Å². The first-order valence-corrected chi connectivity index (χ1v) is 12.1. The van der Waals surface area contributed by atoms with Crippen LogP contribution in [0.2, 0.25) is 0 Å². The summed E-state index contributed by atoms with van der Waals surface area (Å²) in [7, 11) is 0. The molecular formula is C28H24F6N4O2. The fourth-order valence-electron chi connectivity index (χ4n) is 4.53. The minimum Gasteiger partial charge on any atom is -0.361 e. The van der Waals surface area contributed by atoms with Gasteiger partial charge in [-0.25, -0.2) is 4.79 Å². The number of aromatic nitrogens is 2. The zero-order valence-electron chi connectivity index (χ0n) is 20.9. The molecule has 210 valence electrons. The van der Waals surface area contributed by atoms with Crippen molar-refractivity contribution in [3.05, 3.63) is 101 Å². The van der Waals surface area contributed by atoms with E-state index in [1.165, 1.54) is 12.4 Å². The van der Waals surface area contributed by atoms with Crippen molar-refractivity contribution in [1.82, 2.24) is 14.9 Å². The number of para-hydroxylation sites is 1. The lowest BCUT2D eigenvalue weighted by Crippen LogP contribution is -2.48. The molecule has 2 aromatic heterocycles. The van der Waals surface area contributed by atoms with Gasteiger partial charge in [-0.3, -0.25) is 9.78 Å². The number of carbonyl (C=O) groups is 2. The van der Waals surface area contributed by atoms with Gasteiger partial charge in [0.15, 0.2) is 5.78 Å². The van der Waals surface area contributed by atoms with Crippen LogP contribution in [0.25, 0.3) is 10.9 Å². The lowest BCUT2D eigenvalue weighted by atomic mass is 9.94. The number of halogens is 6. The lowest BCUT2D eigenvalue weighted by Gasteiger charge is -2.29. The third-order valence-corrected chi connectivity index (χ3v) is 6.53. The van der Waals surface area contributed by atoms with Crippen LogP contribution in [0, 0.1) is 0 Å². The molecule has 0 aliphatic carbocycles. The zero-order chi connectivity index (χ0) is 29.1. The molecule has 1 unspecified atom stereocenters. The van der Waals surface area contributed by atoms with E-state index < -0.39 is 54.2 Å². The molecule has 1 atom stereocenters. The van der Waals surface area contributed by atoms with Crippen molar-refractivity contribution >= 4 is 22.7 Å². The third kappa shape index (κ3) is 6.80. The van der Waals surface area contributed by atoms with Crippen molar-refractivity contribution in [2.75, 3.05) is 0 Å². The number of nitrogens with zero attached hydrogens (tertiary/aromatic N) is 2. The van der Waals surface area contributed by atoms with E-state index in [4.69, 9.17) is 5.73 Å². The number of alkyl halides is 6. The van der Waals surface area contributed by atoms with E-state index >= 15 is 0 Å². The van der Waals surface area contributed by atoms with Crippen molar-refractivity contribution in [2.45, 2.75) is 44.2 Å². The fourth-order valence-corrected chi connectivity index (χ4v) is 4.53. The Morgan fingerprint density at radius 1 is 0.900 bits per heavy atom. The Kier molecular flexibility index (Phi) is 8.17. The van der Waals surface area contributed by atoms with Gasteiger partial charge in [-0.2, -0.15) is 26.3 Å². The summed E-state index contributed by atoms with van der Waals surface area (Å²) in [5.41, 5.74) is 4.54. The molecule has 0 saturated carbocycles. The molecule has 4 rings (SSSR count). The van der Waals surface area contributed by atoms with Gasteiger partial charge < -0.3 is 15.6 Å². The number of hydrogen-bond donors (Lipinski definition) is 2. The molecule has 0 spiro atoms. The second-order valence-electron chi connectivity index (χ2n) is 9.28. The predicted molar refractivity (Wildman–Crippen MR) is 135 cm³/mol. The average Bonchev–Trinajstić information content (AvgIpc) is 3.31. The summed E-state index contributed by atoms with van der Waals surface area (Å²) < 4.78 is 79.8. The van der Waals surface area contributed by atoms with Gasteiger partial charge >= 0.3 is 18.4 Å². The Bertz CT molecular complexity index is 1470. The van der Waals surface area contributed by atoms with Crippen LogP contribution in [0.15, 0.2) is 73.2 Å². The van der Waals surface area contributed by atoms with Gasteiger partial charge in [0, 0.05) is 48.9 Å². The highest BCUT2D eigenvalue weighted by atomic mass is 19.4. The Hall–Kier alpha value is -4.35. The Morgan fingerprint density at radius 3 is 2.12 bits per heavy atom. The molecule has 3 N–H and O–H groups in total. The van der Waals surface area contributed by atoms with Crippen LogP contribution >= 0.6 is 0 Å². The summed E-state index contributed by atoms with van der Waals surface area (Å²) in [6.45, 7) is -0.0571. The van der Waals surface area contributed by atoms with Crippen LogP contribution in [0.4, 0.5) is 31.1 Å². The monoisotopic (exact) mass is 562 g/mol. The maximum Gasteiger partial charge on any atom is 0.416 e. The van der Waals surface area contributed by atoms with E-state index in [9.17, 15) is 35.9 Å². The third-order valence-electron chi connectivity index (χ3n) is 6.53. The van der Waals surface area contributed by atoms with Gasteiger partial charge in [0.2, 0.25) is 0 Å². The first kappa shape index (κ1) is 28.7. The summed E-state index contributed by atoms with van der Waals surface area (Å²) in [6.07, 6.45) is -6.15. The summed E-state index contributed by atoms with van der Waals surface area (Å²) in [5.74, 6) is -0.566. The quantitative estimate of drug-likeness (QED) is 0.235. The van der Waals surface area contributed by atoms with Crippen LogP contribution in [-0.4, -0.2) is 32.7 Å². The highest BCUT2D eigenvalue weighted by molar-refractivity contribution is 5.90. The number of H-pyrrole nitrogens is 1. The van der Waals surface area contributed by atoms with Crippen LogP contribution < -0.4 is 5.73 Å². The molecule has 0 radical (unpaired) electrons. The molecule has 4 aromatic rings. The number of aromatic amines is 1. The molecule has 12 heteroatoms. The summed E-state index contributed by atoms with van der Waals surface area (Å²) in [6, 6.07) is 9.70. The molecule has 0 fully saturated rings. The lowest BCUT2D eigenvalue weighted by molar-refractivity contribution is -0.143. The summed E-state index contributed by atoms with van der Waals surface area (Å²) in [4.78, 5) is 34.3. The number of ketones is 1. The molecular weight excluding hydrogens is 538 g/mol. The smallest absolute Gasteiger partial charge is 0.361 e. The predicted octanol–water partition coefficient (Wildman–Crippen LogP) is 6.29. The fraction of sp³-hybridized carbons (Fsp3) is 0.250. The number of carbonyl (C=O) groups excluding carboxylic acids is 2. The average molecular weight is 563 g/mol. The normalized spacial score (nSPS) is 12.8. The van der Waals surface area contributed by atoms with E-state index in [1.54, 1.807) is 24.4 Å². The number of Topliss-reactive ketones (excluding diaryl/α,β-unsaturated/α-hetero) is 1. The van der Waals surface area contributed by atoms with Crippen molar-refractivity contribution in [3.63, 3.8) is 0 Å². The minimum atomic E-state index is -5.01. The molecule has 40 heavy (non-hydrogen) atoms. The van der Waals surface area contributed by atoms with Crippen molar-refractivity contribution < 1.29 is 35.9 Å². The first-order valence-electron chi connectivity index (χ1n) is 12.1. The SMILES string of the molecule is NC(=O)N(Cc1ccncc1)C(Cc1c[nH]c2ccccc12)C(=O)CCc1cc(C(F)(F)F)cc(C(F)(F)F)c1. The Labute approximate surface area is 224 Å². The second-order valence-corrected chi connectivity index (χ2v) is 9.28. The van der Waals surface area contributed by atoms with E-state index in [2.05, 4.69) is 9.97 Å². The number of amides is 2. The highest BCUT2D eigenvalue weighted by Gasteiger charge is 2.37. The second kappa shape index (κ2) is 11.4. The number of aryl methyl sites for hydroxylation is 1. The van der Waals surface area contributed by atoms with E-state index in [1.807, 2.05) is 18.2 Å². The minimum absolute atomic E-state index is 0.0211. The number of nitrogens with one attached hydrogen (secondary N) is 1. The first-order chi connectivity index (χ1) is 18.8. The maximum absolute atomic E-state index is 13.6. The van der Waals surface area contributed by atoms with Crippen LogP contribution in [-0.2, 0) is 36.5 Å². The van der Waals surface area contributed by atoms with Gasteiger partial charge in [-0.05, 0) is 59.5 Å². The topological polar surface area (TPSA) is 92.1 Å². The van der Waals surface area contributed by atoms with Crippen molar-refractivity contribution in [2.24, 2.45) is 5.73 Å². The zero-order valence-corrected chi connectivity index (χ0v) is 20.9. The summed E-state index contributed by atoms with van der Waals surface area (Å²) in [5, 5.41) is 0.793. The molecule has 2 amide bonds. The van der Waals surface area contributed by atoms with E-state index in [-0.39, 0.29) is 24.6 Å². The Morgan fingerprint density at radius 2 is 1.52 bits per heavy atom. The van der Waals surface area contributed by atoms with Gasteiger partial charge in [-0.15, -0.1) is 0 Å². The van der Waals surface area contributed by atoms with E-state index in [0.29, 0.717) is 23.3 Å². The van der Waals surface area contributed by atoms with Crippen LogP contribution in [0.5, 0.6) is 0 Å². The number of rotatable bonds is 9. The van der Waals surface area contributed by atoms with Crippen LogP contribution in [0.1, 0.15) is 34.2 Å². The van der Waals surface area contributed by atoms with Gasteiger partial charge in [0.1, 0.15) is 0 Å². The summed E-state index contributed by atoms with van der Waals surface area (Å²) >= 11 is 0. The molecule has 0 aliphatic rings. The molecule has 2 heterocycles. The number of hydrogen-bond acceptors (Lipinski definition) is 3.